The molecule has 2 aliphatic rings. The molecule has 7 heteroatoms. The van der Waals surface area contributed by atoms with Gasteiger partial charge in [-0.05, 0) is 43.3 Å². The van der Waals surface area contributed by atoms with Crippen molar-refractivity contribution in [2.45, 2.75) is 18.9 Å². The second-order valence-electron chi connectivity index (χ2n) is 6.53. The summed E-state index contributed by atoms with van der Waals surface area (Å²) in [5, 5.41) is 11.2. The molecule has 4 rings (SSSR count). The van der Waals surface area contributed by atoms with Crippen LogP contribution in [-0.4, -0.2) is 36.6 Å². The Morgan fingerprint density at radius 3 is 2.67 bits per heavy atom. The van der Waals surface area contributed by atoms with Gasteiger partial charge in [-0.15, -0.1) is 0 Å². The van der Waals surface area contributed by atoms with E-state index in [9.17, 15) is 14.7 Å². The quantitative estimate of drug-likeness (QED) is 0.752. The number of likely N-dealkylation sites (N-methyl/N-ethyl adjacent to an activating group) is 1. The average molecular weight is 432 g/mol. The zero-order valence-corrected chi connectivity index (χ0v) is 16.3. The maximum absolute atomic E-state index is 12.9. The van der Waals surface area contributed by atoms with Crippen molar-refractivity contribution in [2.75, 3.05) is 24.7 Å². The predicted octanol–water partition coefficient (Wildman–Crippen LogP) is 3.05. The van der Waals surface area contributed by atoms with Gasteiger partial charge in [0, 0.05) is 22.1 Å². The molecule has 140 valence electrons. The highest BCUT2D eigenvalue weighted by atomic mass is 79.9. The van der Waals surface area contributed by atoms with E-state index < -0.39 is 11.5 Å². The molecule has 1 atom stereocenters. The number of benzene rings is 2. The number of halogens is 1. The molecule has 2 aromatic rings. The van der Waals surface area contributed by atoms with Crippen LogP contribution in [0.3, 0.4) is 0 Å². The minimum atomic E-state index is -1.89. The maximum atomic E-state index is 12.9. The van der Waals surface area contributed by atoms with Gasteiger partial charge in [-0.1, -0.05) is 15.9 Å². The number of Topliss-reactive ketones (excluding diaryl/α,β-unsaturated/α-hetero) is 1. The van der Waals surface area contributed by atoms with Crippen LogP contribution in [-0.2, 0) is 10.4 Å². The fraction of sp³-hybridized carbons (Fsp3) is 0.300. The molecular weight excluding hydrogens is 414 g/mol. The number of ketones is 1. The van der Waals surface area contributed by atoms with Crippen LogP contribution in [0.15, 0.2) is 40.9 Å². The van der Waals surface area contributed by atoms with E-state index in [-0.39, 0.29) is 12.2 Å². The van der Waals surface area contributed by atoms with Gasteiger partial charge < -0.3 is 19.5 Å². The molecule has 1 unspecified atom stereocenters. The number of anilines is 1. The lowest BCUT2D eigenvalue weighted by Crippen LogP contribution is -2.41. The molecule has 0 fully saturated rings. The molecular formula is C20H18BrNO5. The highest BCUT2D eigenvalue weighted by Crippen LogP contribution is 2.44. The summed E-state index contributed by atoms with van der Waals surface area (Å²) in [6, 6.07) is 10.2. The van der Waals surface area contributed by atoms with Crippen LogP contribution >= 0.6 is 15.9 Å². The molecule has 1 N–H and O–H groups in total. The molecule has 0 spiro atoms. The largest absolute Gasteiger partial charge is 0.486 e. The summed E-state index contributed by atoms with van der Waals surface area (Å²) in [4.78, 5) is 27.3. The summed E-state index contributed by atoms with van der Waals surface area (Å²) < 4.78 is 11.7. The third-order valence-corrected chi connectivity index (χ3v) is 5.38. The van der Waals surface area contributed by atoms with Gasteiger partial charge in [0.15, 0.2) is 22.9 Å². The zero-order chi connectivity index (χ0) is 19.2. The number of hydrogen-bond donors (Lipinski definition) is 1. The Bertz CT molecular complexity index is 944. The summed E-state index contributed by atoms with van der Waals surface area (Å²) in [5.41, 5.74) is -0.454. The number of carbonyl (C=O) groups is 2. The molecule has 2 aliphatic heterocycles. The van der Waals surface area contributed by atoms with Gasteiger partial charge in [0.05, 0.1) is 12.1 Å². The average Bonchev–Trinajstić information content (AvgIpc) is 2.88. The summed E-state index contributed by atoms with van der Waals surface area (Å²) in [5.74, 6) is 0.255. The Balaban J connectivity index is 1.68. The summed E-state index contributed by atoms with van der Waals surface area (Å²) in [6.07, 6.45) is -0.342. The molecule has 0 saturated carbocycles. The van der Waals surface area contributed by atoms with E-state index in [0.29, 0.717) is 48.1 Å². The van der Waals surface area contributed by atoms with E-state index in [1.165, 1.54) is 4.90 Å². The van der Waals surface area contributed by atoms with Crippen LogP contribution in [0, 0.1) is 0 Å². The molecule has 2 aromatic carbocycles. The van der Waals surface area contributed by atoms with Crippen molar-refractivity contribution in [1.82, 2.24) is 0 Å². The first kappa shape index (κ1) is 18.0. The van der Waals surface area contributed by atoms with Crippen molar-refractivity contribution in [3.8, 4) is 11.5 Å². The van der Waals surface area contributed by atoms with Gasteiger partial charge in [-0.25, -0.2) is 0 Å². The van der Waals surface area contributed by atoms with Gasteiger partial charge in [0.1, 0.15) is 13.2 Å². The molecule has 0 radical (unpaired) electrons. The molecule has 0 aliphatic carbocycles. The standard InChI is InChI=1S/C20H18BrNO5/c1-2-22-15-5-4-13(21)10-14(15)20(25,19(22)24)11-16(23)12-3-6-17-18(9-12)27-8-7-26-17/h3-6,9-10,25H,2,7-8,11H2,1H3. The van der Waals surface area contributed by atoms with Gasteiger partial charge >= 0.3 is 0 Å². The molecule has 0 aromatic heterocycles. The summed E-state index contributed by atoms with van der Waals surface area (Å²) in [7, 11) is 0. The number of ether oxygens (including phenoxy) is 2. The van der Waals surface area contributed by atoms with E-state index >= 15 is 0 Å². The first-order chi connectivity index (χ1) is 12.9. The lowest BCUT2D eigenvalue weighted by molar-refractivity contribution is -0.135. The normalized spacial score (nSPS) is 20.6. The van der Waals surface area contributed by atoms with Gasteiger partial charge in [0.2, 0.25) is 0 Å². The highest BCUT2D eigenvalue weighted by molar-refractivity contribution is 9.10. The lowest BCUT2D eigenvalue weighted by Gasteiger charge is -2.23. The number of hydrogen-bond acceptors (Lipinski definition) is 5. The number of fused-ring (bicyclic) bond motifs is 2. The molecule has 0 bridgehead atoms. The summed E-state index contributed by atoms with van der Waals surface area (Å²) >= 11 is 3.37. The predicted molar refractivity (Wildman–Crippen MR) is 102 cm³/mol. The molecule has 27 heavy (non-hydrogen) atoms. The van der Waals surface area contributed by atoms with E-state index in [0.717, 1.165) is 4.47 Å². The van der Waals surface area contributed by atoms with Crippen molar-refractivity contribution < 1.29 is 24.2 Å². The van der Waals surface area contributed by atoms with Crippen molar-refractivity contribution in [1.29, 1.82) is 0 Å². The lowest BCUT2D eigenvalue weighted by atomic mass is 9.88. The molecule has 6 nitrogen and oxygen atoms in total. The number of nitrogens with zero attached hydrogens (tertiary/aromatic N) is 1. The Morgan fingerprint density at radius 1 is 1.19 bits per heavy atom. The van der Waals surface area contributed by atoms with Crippen molar-refractivity contribution >= 4 is 33.3 Å². The van der Waals surface area contributed by atoms with Gasteiger partial charge in [-0.3, -0.25) is 9.59 Å². The fourth-order valence-electron chi connectivity index (χ4n) is 3.56. The molecule has 0 saturated heterocycles. The Kier molecular flexibility index (Phi) is 4.44. The Hall–Kier alpha value is -2.38. The molecule has 2 heterocycles. The minimum Gasteiger partial charge on any atom is -0.486 e. The molecule has 1 amide bonds. The van der Waals surface area contributed by atoms with Crippen molar-refractivity contribution in [3.05, 3.63) is 52.0 Å². The smallest absolute Gasteiger partial charge is 0.264 e. The number of carbonyl (C=O) groups excluding carboxylic acids is 2. The first-order valence-corrected chi connectivity index (χ1v) is 9.50. The fourth-order valence-corrected chi connectivity index (χ4v) is 3.92. The van der Waals surface area contributed by atoms with Crippen LogP contribution in [0.4, 0.5) is 5.69 Å². The monoisotopic (exact) mass is 431 g/mol. The Labute approximate surface area is 164 Å². The second-order valence-corrected chi connectivity index (χ2v) is 7.45. The number of amides is 1. The highest BCUT2D eigenvalue weighted by Gasteiger charge is 2.50. The number of aliphatic hydroxyl groups is 1. The van der Waals surface area contributed by atoms with Gasteiger partial charge in [-0.2, -0.15) is 0 Å². The third-order valence-electron chi connectivity index (χ3n) is 4.89. The first-order valence-electron chi connectivity index (χ1n) is 8.71. The SMILES string of the molecule is CCN1C(=O)C(O)(CC(=O)c2ccc3c(c2)OCCO3)c2cc(Br)ccc21. The zero-order valence-electron chi connectivity index (χ0n) is 14.7. The number of rotatable bonds is 4. The third kappa shape index (κ3) is 2.91. The van der Waals surface area contributed by atoms with E-state index in [1.54, 1.807) is 30.3 Å². The van der Waals surface area contributed by atoms with E-state index in [4.69, 9.17) is 9.47 Å². The van der Waals surface area contributed by atoms with E-state index in [1.807, 2.05) is 13.0 Å². The van der Waals surface area contributed by atoms with Crippen LogP contribution in [0.1, 0.15) is 29.3 Å². The van der Waals surface area contributed by atoms with E-state index in [2.05, 4.69) is 15.9 Å². The van der Waals surface area contributed by atoms with Crippen LogP contribution in [0.5, 0.6) is 11.5 Å². The topological polar surface area (TPSA) is 76.1 Å². The van der Waals surface area contributed by atoms with Crippen LogP contribution in [0.2, 0.25) is 0 Å². The van der Waals surface area contributed by atoms with Crippen molar-refractivity contribution in [3.63, 3.8) is 0 Å². The van der Waals surface area contributed by atoms with Gasteiger partial charge in [0.25, 0.3) is 5.91 Å². The van der Waals surface area contributed by atoms with Crippen molar-refractivity contribution in [2.24, 2.45) is 0 Å². The Morgan fingerprint density at radius 2 is 1.93 bits per heavy atom. The second kappa shape index (κ2) is 6.65. The summed E-state index contributed by atoms with van der Waals surface area (Å²) in [6.45, 7) is 3.12. The maximum Gasteiger partial charge on any atom is 0.264 e. The van der Waals surface area contributed by atoms with Crippen LogP contribution in [0.25, 0.3) is 0 Å². The minimum absolute atomic E-state index is 0.341. The van der Waals surface area contributed by atoms with Crippen LogP contribution < -0.4 is 14.4 Å².